The fourth-order valence-corrected chi connectivity index (χ4v) is 3.85. The predicted octanol–water partition coefficient (Wildman–Crippen LogP) is 3.73. The van der Waals surface area contributed by atoms with Crippen LogP contribution in [0, 0.1) is 0 Å². The van der Waals surface area contributed by atoms with Crippen molar-refractivity contribution in [2.24, 2.45) is 4.99 Å². The molecule has 0 radical (unpaired) electrons. The zero-order valence-corrected chi connectivity index (χ0v) is 14.9. The maximum Gasteiger partial charge on any atom is 0.191 e. The second kappa shape index (κ2) is 6.54. The second-order valence-corrected chi connectivity index (χ2v) is 8.18. The van der Waals surface area contributed by atoms with E-state index in [1.165, 1.54) is 36.8 Å². The third-order valence-corrected chi connectivity index (χ3v) is 5.42. The summed E-state index contributed by atoms with van der Waals surface area (Å²) in [5.41, 5.74) is 3.41. The van der Waals surface area contributed by atoms with Gasteiger partial charge in [0.2, 0.25) is 0 Å². The molecule has 0 atom stereocenters. The Labute approximate surface area is 141 Å². The lowest BCUT2D eigenvalue weighted by Gasteiger charge is -2.32. The highest BCUT2D eigenvalue weighted by Crippen LogP contribution is 2.41. The topological polar surface area (TPSA) is 36.4 Å². The van der Waals surface area contributed by atoms with Gasteiger partial charge in [0, 0.05) is 25.0 Å². The van der Waals surface area contributed by atoms with Crippen molar-refractivity contribution in [2.45, 2.75) is 63.7 Å². The Kier molecular flexibility index (Phi) is 4.65. The Morgan fingerprint density at radius 3 is 2.35 bits per heavy atom. The Morgan fingerprint density at radius 1 is 1.09 bits per heavy atom. The van der Waals surface area contributed by atoms with Gasteiger partial charge in [0.05, 0.1) is 0 Å². The summed E-state index contributed by atoms with van der Waals surface area (Å²) in [7, 11) is 0. The fourth-order valence-electron chi connectivity index (χ4n) is 3.85. The minimum atomic E-state index is 0.223. The number of nitrogens with one attached hydrogen (secondary N) is 2. The largest absolute Gasteiger partial charge is 0.356 e. The van der Waals surface area contributed by atoms with Gasteiger partial charge in [0.25, 0.3) is 0 Å². The number of nitrogens with zero attached hydrogens (tertiary/aromatic N) is 1. The van der Waals surface area contributed by atoms with Gasteiger partial charge in [0.15, 0.2) is 5.96 Å². The van der Waals surface area contributed by atoms with Crippen LogP contribution >= 0.6 is 0 Å². The van der Waals surface area contributed by atoms with Gasteiger partial charge in [-0.25, -0.2) is 0 Å². The zero-order valence-electron chi connectivity index (χ0n) is 14.9. The molecule has 1 fully saturated rings. The highest BCUT2D eigenvalue weighted by atomic mass is 15.2. The maximum atomic E-state index is 4.56. The van der Waals surface area contributed by atoms with Gasteiger partial charge in [-0.3, -0.25) is 4.99 Å². The lowest BCUT2D eigenvalue weighted by Crippen LogP contribution is -2.46. The Hall–Kier alpha value is -1.51. The molecule has 23 heavy (non-hydrogen) atoms. The van der Waals surface area contributed by atoms with Gasteiger partial charge in [-0.1, -0.05) is 57.9 Å². The summed E-state index contributed by atoms with van der Waals surface area (Å²) in [6.07, 6.45) is 6.38. The summed E-state index contributed by atoms with van der Waals surface area (Å²) in [4.78, 5) is 4.56. The number of aliphatic imine (C=N–C) groups is 1. The molecule has 2 N–H and O–H groups in total. The van der Waals surface area contributed by atoms with E-state index in [9.17, 15) is 0 Å². The van der Waals surface area contributed by atoms with E-state index in [1.54, 1.807) is 0 Å². The molecule has 0 saturated heterocycles. The van der Waals surface area contributed by atoms with Gasteiger partial charge in [-0.15, -0.1) is 0 Å². The molecule has 3 rings (SSSR count). The summed E-state index contributed by atoms with van der Waals surface area (Å²) in [6, 6.07) is 9.38. The Morgan fingerprint density at radius 2 is 1.78 bits per heavy atom. The molecule has 0 spiro atoms. The van der Waals surface area contributed by atoms with Crippen molar-refractivity contribution in [1.82, 2.24) is 10.6 Å². The van der Waals surface area contributed by atoms with Crippen molar-refractivity contribution in [1.29, 1.82) is 0 Å². The summed E-state index contributed by atoms with van der Waals surface area (Å²) >= 11 is 0. The standard InChI is InChI=1S/C20H31N3/c1-19(2,3)16-7-9-17(10-8-16)20(11-4-5-12-20)15-23-18-21-13-6-14-22-18/h7-10H,4-6,11-15H2,1-3H3,(H2,21,22,23). The molecule has 0 unspecified atom stereocenters. The second-order valence-electron chi connectivity index (χ2n) is 8.18. The lowest BCUT2D eigenvalue weighted by atomic mass is 9.77. The van der Waals surface area contributed by atoms with Gasteiger partial charge >= 0.3 is 0 Å². The molecule has 0 amide bonds. The van der Waals surface area contributed by atoms with Crippen molar-refractivity contribution < 1.29 is 0 Å². The first-order valence-electron chi connectivity index (χ1n) is 9.13. The van der Waals surface area contributed by atoms with E-state index in [0.29, 0.717) is 0 Å². The Balaban J connectivity index is 1.76. The molecule has 1 heterocycles. The molecule has 126 valence electrons. The number of guanidine groups is 1. The molecular weight excluding hydrogens is 282 g/mol. The van der Waals surface area contributed by atoms with Crippen molar-refractivity contribution in [3.63, 3.8) is 0 Å². The number of rotatable bonds is 3. The van der Waals surface area contributed by atoms with Crippen molar-refractivity contribution in [3.05, 3.63) is 35.4 Å². The normalized spacial score (nSPS) is 20.7. The maximum absolute atomic E-state index is 4.56. The van der Waals surface area contributed by atoms with Crippen molar-refractivity contribution >= 4 is 5.96 Å². The van der Waals surface area contributed by atoms with Crippen LogP contribution in [0.25, 0.3) is 0 Å². The zero-order chi connectivity index (χ0) is 16.3. The van der Waals surface area contributed by atoms with E-state index in [-0.39, 0.29) is 10.8 Å². The predicted molar refractivity (Wildman–Crippen MR) is 98.2 cm³/mol. The lowest BCUT2D eigenvalue weighted by molar-refractivity contribution is 0.430. The third-order valence-electron chi connectivity index (χ3n) is 5.42. The van der Waals surface area contributed by atoms with E-state index in [2.05, 4.69) is 60.7 Å². The van der Waals surface area contributed by atoms with Crippen LogP contribution < -0.4 is 10.6 Å². The molecule has 1 saturated carbocycles. The van der Waals surface area contributed by atoms with Crippen molar-refractivity contribution in [3.8, 4) is 0 Å². The van der Waals surface area contributed by atoms with E-state index in [4.69, 9.17) is 0 Å². The van der Waals surface area contributed by atoms with Gasteiger partial charge in [-0.05, 0) is 35.8 Å². The van der Waals surface area contributed by atoms with Gasteiger partial charge < -0.3 is 10.6 Å². The molecule has 1 aliphatic carbocycles. The Bertz CT molecular complexity index is 545. The number of hydrogen-bond acceptors (Lipinski definition) is 3. The molecule has 3 nitrogen and oxygen atoms in total. The van der Waals surface area contributed by atoms with Crippen LogP contribution in [0.3, 0.4) is 0 Å². The fraction of sp³-hybridized carbons (Fsp3) is 0.650. The first-order valence-corrected chi connectivity index (χ1v) is 9.13. The van der Waals surface area contributed by atoms with E-state index in [0.717, 1.165) is 32.0 Å². The molecule has 0 aromatic heterocycles. The molecule has 1 aromatic carbocycles. The highest BCUT2D eigenvalue weighted by Gasteiger charge is 2.36. The third kappa shape index (κ3) is 3.70. The average molecular weight is 313 g/mol. The minimum Gasteiger partial charge on any atom is -0.356 e. The van der Waals surface area contributed by atoms with Crippen LogP contribution in [-0.4, -0.2) is 25.6 Å². The van der Waals surface area contributed by atoms with Crippen LogP contribution in [0.2, 0.25) is 0 Å². The molecule has 3 heteroatoms. The first kappa shape index (κ1) is 16.4. The molecule has 2 aliphatic rings. The van der Waals surface area contributed by atoms with Crippen LogP contribution in [0.15, 0.2) is 29.3 Å². The van der Waals surface area contributed by atoms with E-state index < -0.39 is 0 Å². The molecule has 1 aliphatic heterocycles. The molecule has 0 bridgehead atoms. The highest BCUT2D eigenvalue weighted by molar-refractivity contribution is 5.80. The van der Waals surface area contributed by atoms with Crippen LogP contribution in [0.4, 0.5) is 0 Å². The molecular formula is C20H31N3. The summed E-state index contributed by atoms with van der Waals surface area (Å²) in [5, 5.41) is 6.97. The SMILES string of the molecule is CC(C)(C)c1ccc(C2(CNC3=NCCCN3)CCCC2)cc1. The average Bonchev–Trinajstić information content (AvgIpc) is 3.03. The van der Waals surface area contributed by atoms with Gasteiger partial charge in [0.1, 0.15) is 0 Å². The number of benzene rings is 1. The van der Waals surface area contributed by atoms with E-state index >= 15 is 0 Å². The van der Waals surface area contributed by atoms with E-state index in [1.807, 2.05) is 0 Å². The van der Waals surface area contributed by atoms with Gasteiger partial charge in [-0.2, -0.15) is 0 Å². The molecule has 1 aromatic rings. The van der Waals surface area contributed by atoms with Crippen molar-refractivity contribution in [2.75, 3.05) is 19.6 Å². The summed E-state index contributed by atoms with van der Waals surface area (Å²) in [6.45, 7) is 9.82. The van der Waals surface area contributed by atoms with Crippen LogP contribution in [-0.2, 0) is 10.8 Å². The summed E-state index contributed by atoms with van der Waals surface area (Å²) < 4.78 is 0. The summed E-state index contributed by atoms with van der Waals surface area (Å²) in [5.74, 6) is 0.994. The quantitative estimate of drug-likeness (QED) is 0.892. The first-order chi connectivity index (χ1) is 11.0. The monoisotopic (exact) mass is 313 g/mol. The van der Waals surface area contributed by atoms with Crippen LogP contribution in [0.5, 0.6) is 0 Å². The number of hydrogen-bond donors (Lipinski definition) is 2. The van der Waals surface area contributed by atoms with Crippen LogP contribution in [0.1, 0.15) is 64.0 Å². The minimum absolute atomic E-state index is 0.223. The smallest absolute Gasteiger partial charge is 0.191 e.